The molecule has 0 aromatic heterocycles. The molecule has 0 aliphatic carbocycles. The van der Waals surface area contributed by atoms with E-state index < -0.39 is 6.10 Å². The number of morpholine rings is 1. The van der Waals surface area contributed by atoms with Crippen molar-refractivity contribution in [2.24, 2.45) is 0 Å². The van der Waals surface area contributed by atoms with Gasteiger partial charge in [-0.25, -0.2) is 0 Å². The Bertz CT molecular complexity index is 674. The maximum Gasteiger partial charge on any atom is 0.119 e. The van der Waals surface area contributed by atoms with Gasteiger partial charge in [0.1, 0.15) is 18.5 Å². The van der Waals surface area contributed by atoms with Crippen molar-refractivity contribution in [2.75, 3.05) is 46.5 Å². The minimum Gasteiger partial charge on any atom is -0.491 e. The van der Waals surface area contributed by atoms with E-state index in [1.165, 1.54) is 11.1 Å². The van der Waals surface area contributed by atoms with Crippen molar-refractivity contribution in [1.82, 2.24) is 9.80 Å². The first kappa shape index (κ1) is 19.8. The van der Waals surface area contributed by atoms with Crippen molar-refractivity contribution in [3.63, 3.8) is 0 Å². The zero-order valence-corrected chi connectivity index (χ0v) is 16.1. The molecule has 1 saturated heterocycles. The van der Waals surface area contributed by atoms with E-state index in [-0.39, 0.29) is 0 Å². The van der Waals surface area contributed by atoms with Crippen LogP contribution in [0.2, 0.25) is 0 Å². The highest BCUT2D eigenvalue weighted by molar-refractivity contribution is 5.23. The highest BCUT2D eigenvalue weighted by Crippen LogP contribution is 2.12. The zero-order valence-electron chi connectivity index (χ0n) is 16.1. The molecule has 0 spiro atoms. The maximum absolute atomic E-state index is 10.2. The van der Waals surface area contributed by atoms with Gasteiger partial charge in [-0.3, -0.25) is 9.80 Å². The van der Waals surface area contributed by atoms with Crippen LogP contribution in [0.5, 0.6) is 5.75 Å². The van der Waals surface area contributed by atoms with Crippen LogP contribution < -0.4 is 4.74 Å². The monoisotopic (exact) mass is 370 g/mol. The van der Waals surface area contributed by atoms with Gasteiger partial charge in [0.25, 0.3) is 0 Å². The average Bonchev–Trinajstić information content (AvgIpc) is 2.68. The second-order valence-corrected chi connectivity index (χ2v) is 7.18. The molecule has 0 saturated carbocycles. The van der Waals surface area contributed by atoms with Gasteiger partial charge in [0.05, 0.1) is 13.2 Å². The summed E-state index contributed by atoms with van der Waals surface area (Å²) in [5.74, 6) is 0.787. The number of nitrogens with zero attached hydrogens (tertiary/aromatic N) is 2. The standard InChI is InChI=1S/C22H30N2O3/c1-23(17-21(25)18-27-22-8-3-2-4-9-22)15-19-6-5-7-20(14-19)16-24-10-12-26-13-11-24/h2-9,14,21,25H,10-13,15-18H2,1H3/t21-/m1/s1. The summed E-state index contributed by atoms with van der Waals surface area (Å²) in [6.07, 6.45) is -0.522. The van der Waals surface area contributed by atoms with Crippen LogP contribution in [-0.2, 0) is 17.8 Å². The van der Waals surface area contributed by atoms with Gasteiger partial charge in [0.2, 0.25) is 0 Å². The van der Waals surface area contributed by atoms with Crippen LogP contribution in [0.1, 0.15) is 11.1 Å². The van der Waals surface area contributed by atoms with E-state index >= 15 is 0 Å². The Labute approximate surface area is 162 Å². The summed E-state index contributed by atoms with van der Waals surface area (Å²) in [4.78, 5) is 4.56. The van der Waals surface area contributed by atoms with Gasteiger partial charge < -0.3 is 14.6 Å². The van der Waals surface area contributed by atoms with E-state index in [2.05, 4.69) is 34.1 Å². The first-order valence-electron chi connectivity index (χ1n) is 9.61. The molecule has 0 bridgehead atoms. The highest BCUT2D eigenvalue weighted by atomic mass is 16.5. The normalized spacial score (nSPS) is 16.4. The number of aliphatic hydroxyl groups is 1. The van der Waals surface area contributed by atoms with Crippen LogP contribution in [0.15, 0.2) is 54.6 Å². The molecular formula is C22H30N2O3. The fourth-order valence-electron chi connectivity index (χ4n) is 3.34. The molecule has 27 heavy (non-hydrogen) atoms. The third-order valence-corrected chi connectivity index (χ3v) is 4.66. The van der Waals surface area contributed by atoms with Gasteiger partial charge in [0.15, 0.2) is 0 Å². The lowest BCUT2D eigenvalue weighted by molar-refractivity contribution is 0.0342. The van der Waals surface area contributed by atoms with Gasteiger partial charge in [-0.1, -0.05) is 42.5 Å². The molecule has 0 unspecified atom stereocenters. The number of hydrogen-bond acceptors (Lipinski definition) is 5. The van der Waals surface area contributed by atoms with Gasteiger partial charge in [-0.15, -0.1) is 0 Å². The van der Waals surface area contributed by atoms with Crippen molar-refractivity contribution in [1.29, 1.82) is 0 Å². The van der Waals surface area contributed by atoms with Gasteiger partial charge in [-0.05, 0) is 30.3 Å². The molecule has 5 heteroatoms. The average molecular weight is 370 g/mol. The number of aliphatic hydroxyl groups excluding tert-OH is 1. The fraction of sp³-hybridized carbons (Fsp3) is 0.455. The van der Waals surface area contributed by atoms with E-state index in [0.29, 0.717) is 13.2 Å². The minimum absolute atomic E-state index is 0.297. The zero-order chi connectivity index (χ0) is 18.9. The molecule has 1 N–H and O–H groups in total. The first-order chi connectivity index (χ1) is 13.2. The third kappa shape index (κ3) is 6.96. The Morgan fingerprint density at radius 2 is 1.81 bits per heavy atom. The summed E-state index contributed by atoms with van der Waals surface area (Å²) in [5.41, 5.74) is 2.59. The summed E-state index contributed by atoms with van der Waals surface area (Å²) >= 11 is 0. The molecule has 146 valence electrons. The number of para-hydroxylation sites is 1. The molecule has 3 rings (SSSR count). The quantitative estimate of drug-likeness (QED) is 0.734. The van der Waals surface area contributed by atoms with Crippen LogP contribution in [0.4, 0.5) is 0 Å². The van der Waals surface area contributed by atoms with Crippen molar-refractivity contribution in [3.8, 4) is 5.75 Å². The molecule has 1 heterocycles. The second kappa shape index (κ2) is 10.4. The summed E-state index contributed by atoms with van der Waals surface area (Å²) in [5, 5.41) is 10.2. The predicted octanol–water partition coefficient (Wildman–Crippen LogP) is 2.39. The third-order valence-electron chi connectivity index (χ3n) is 4.66. The molecule has 1 fully saturated rings. The smallest absolute Gasteiger partial charge is 0.119 e. The Hall–Kier alpha value is -1.92. The maximum atomic E-state index is 10.2. The molecule has 1 aliphatic rings. The van der Waals surface area contributed by atoms with Gasteiger partial charge >= 0.3 is 0 Å². The van der Waals surface area contributed by atoms with E-state index in [1.807, 2.05) is 37.4 Å². The SMILES string of the molecule is CN(Cc1cccc(CN2CCOCC2)c1)C[C@@H](O)COc1ccccc1. The number of ether oxygens (including phenoxy) is 2. The topological polar surface area (TPSA) is 45.2 Å². The second-order valence-electron chi connectivity index (χ2n) is 7.18. The minimum atomic E-state index is -0.522. The molecule has 0 amide bonds. The molecule has 5 nitrogen and oxygen atoms in total. The summed E-state index contributed by atoms with van der Waals surface area (Å²) < 4.78 is 11.0. The molecule has 2 aromatic carbocycles. The van der Waals surface area contributed by atoms with Crippen molar-refractivity contribution < 1.29 is 14.6 Å². The largest absolute Gasteiger partial charge is 0.491 e. The van der Waals surface area contributed by atoms with Crippen LogP contribution in [0.3, 0.4) is 0 Å². The summed E-state index contributed by atoms with van der Waals surface area (Å²) in [6.45, 7) is 6.28. The summed E-state index contributed by atoms with van der Waals surface area (Å²) in [6, 6.07) is 18.3. The molecular weight excluding hydrogens is 340 g/mol. The lowest BCUT2D eigenvalue weighted by atomic mass is 10.1. The van der Waals surface area contributed by atoms with E-state index in [0.717, 1.165) is 45.1 Å². The highest BCUT2D eigenvalue weighted by Gasteiger charge is 2.12. The fourth-order valence-corrected chi connectivity index (χ4v) is 3.34. The first-order valence-corrected chi connectivity index (χ1v) is 9.61. The van der Waals surface area contributed by atoms with Crippen LogP contribution in [0, 0.1) is 0 Å². The van der Waals surface area contributed by atoms with Crippen molar-refractivity contribution in [3.05, 3.63) is 65.7 Å². The van der Waals surface area contributed by atoms with Crippen molar-refractivity contribution >= 4 is 0 Å². The predicted molar refractivity (Wildman–Crippen MR) is 107 cm³/mol. The lowest BCUT2D eigenvalue weighted by Gasteiger charge is -2.27. The lowest BCUT2D eigenvalue weighted by Crippen LogP contribution is -2.35. The molecule has 1 aliphatic heterocycles. The van der Waals surface area contributed by atoms with E-state index in [9.17, 15) is 5.11 Å². The van der Waals surface area contributed by atoms with E-state index in [1.54, 1.807) is 0 Å². The number of hydrogen-bond donors (Lipinski definition) is 1. The van der Waals surface area contributed by atoms with E-state index in [4.69, 9.17) is 9.47 Å². The Morgan fingerprint density at radius 1 is 1.07 bits per heavy atom. The van der Waals surface area contributed by atoms with Crippen LogP contribution >= 0.6 is 0 Å². The van der Waals surface area contributed by atoms with Crippen LogP contribution in [-0.4, -0.2) is 67.5 Å². The van der Waals surface area contributed by atoms with Gasteiger partial charge in [0, 0.05) is 32.7 Å². The number of benzene rings is 2. The van der Waals surface area contributed by atoms with Crippen molar-refractivity contribution in [2.45, 2.75) is 19.2 Å². The number of likely N-dealkylation sites (N-methyl/N-ethyl adjacent to an activating group) is 1. The number of rotatable bonds is 9. The Kier molecular flexibility index (Phi) is 7.66. The van der Waals surface area contributed by atoms with Gasteiger partial charge in [-0.2, -0.15) is 0 Å². The Balaban J connectivity index is 1.44. The summed E-state index contributed by atoms with van der Waals surface area (Å²) in [7, 11) is 2.03. The molecule has 2 aromatic rings. The Morgan fingerprint density at radius 3 is 2.59 bits per heavy atom. The molecule has 0 radical (unpaired) electrons. The van der Waals surface area contributed by atoms with Crippen LogP contribution in [0.25, 0.3) is 0 Å². The molecule has 1 atom stereocenters.